The minimum atomic E-state index is 0.275. The third kappa shape index (κ3) is 3.35. The number of unbranched alkanes of at least 4 members (excludes halogenated alkanes) is 1. The van der Waals surface area contributed by atoms with Crippen LogP contribution in [0.15, 0.2) is 30.3 Å². The van der Waals surface area contributed by atoms with Crippen LogP contribution in [0.3, 0.4) is 0 Å². The van der Waals surface area contributed by atoms with Gasteiger partial charge in [-0.05, 0) is 37.8 Å². The van der Waals surface area contributed by atoms with E-state index in [1.54, 1.807) is 0 Å². The Kier molecular flexibility index (Phi) is 4.41. The van der Waals surface area contributed by atoms with Gasteiger partial charge in [-0.1, -0.05) is 35.9 Å². The molecule has 0 fully saturated rings. The third-order valence-electron chi connectivity index (χ3n) is 2.32. The summed E-state index contributed by atoms with van der Waals surface area (Å²) in [6.45, 7) is 4.48. The molecule has 0 aliphatic heterocycles. The van der Waals surface area contributed by atoms with E-state index in [4.69, 9.17) is 5.11 Å². The lowest BCUT2D eigenvalue weighted by molar-refractivity contribution is 0.289. The van der Waals surface area contributed by atoms with Crippen LogP contribution >= 0.6 is 0 Å². The second kappa shape index (κ2) is 5.61. The smallest absolute Gasteiger partial charge is 0.0433 e. The predicted molar refractivity (Wildman–Crippen MR) is 61.1 cm³/mol. The predicted octanol–water partition coefficient (Wildman–Crippen LogP) is 3.17. The van der Waals surface area contributed by atoms with Gasteiger partial charge in [0.15, 0.2) is 0 Å². The zero-order valence-corrected chi connectivity index (χ0v) is 8.96. The van der Waals surface area contributed by atoms with Gasteiger partial charge in [0.05, 0.1) is 0 Å². The van der Waals surface area contributed by atoms with Gasteiger partial charge in [0.25, 0.3) is 0 Å². The molecule has 76 valence electrons. The molecule has 0 heterocycles. The average Bonchev–Trinajstić information content (AvgIpc) is 2.19. The van der Waals surface area contributed by atoms with Crippen molar-refractivity contribution in [2.75, 3.05) is 6.61 Å². The van der Waals surface area contributed by atoms with Gasteiger partial charge in [-0.25, -0.2) is 0 Å². The Balaban J connectivity index is 2.64. The van der Waals surface area contributed by atoms with Crippen molar-refractivity contribution >= 4 is 5.57 Å². The molecule has 0 saturated heterocycles. The van der Waals surface area contributed by atoms with Gasteiger partial charge in [0.2, 0.25) is 0 Å². The zero-order chi connectivity index (χ0) is 10.4. The van der Waals surface area contributed by atoms with Crippen LogP contribution in [0.4, 0.5) is 0 Å². The lowest BCUT2D eigenvalue weighted by Gasteiger charge is -2.02. The summed E-state index contributed by atoms with van der Waals surface area (Å²) in [7, 11) is 0. The number of aliphatic hydroxyl groups excluding tert-OH is 1. The lowest BCUT2D eigenvalue weighted by atomic mass is 10.0. The first-order valence-corrected chi connectivity index (χ1v) is 5.08. The highest BCUT2D eigenvalue weighted by molar-refractivity contribution is 5.63. The van der Waals surface area contributed by atoms with E-state index in [1.807, 2.05) is 0 Å². The van der Waals surface area contributed by atoms with E-state index in [0.717, 1.165) is 12.8 Å². The fourth-order valence-corrected chi connectivity index (χ4v) is 1.34. The SMILES string of the molecule is C/C(=C\CCCO)c1ccc(C)cc1. The molecule has 0 saturated carbocycles. The van der Waals surface area contributed by atoms with Crippen LogP contribution in [0.2, 0.25) is 0 Å². The minimum Gasteiger partial charge on any atom is -0.396 e. The van der Waals surface area contributed by atoms with Crippen LogP contribution in [0.1, 0.15) is 30.9 Å². The molecule has 14 heavy (non-hydrogen) atoms. The summed E-state index contributed by atoms with van der Waals surface area (Å²) in [6, 6.07) is 8.53. The van der Waals surface area contributed by atoms with Gasteiger partial charge in [-0.3, -0.25) is 0 Å². The fraction of sp³-hybridized carbons (Fsp3) is 0.385. The minimum absolute atomic E-state index is 0.275. The number of aryl methyl sites for hydroxylation is 1. The summed E-state index contributed by atoms with van der Waals surface area (Å²) in [4.78, 5) is 0. The van der Waals surface area contributed by atoms with E-state index in [-0.39, 0.29) is 6.61 Å². The first-order chi connectivity index (χ1) is 6.74. The van der Waals surface area contributed by atoms with Gasteiger partial charge in [0, 0.05) is 6.61 Å². The Morgan fingerprint density at radius 3 is 2.50 bits per heavy atom. The molecule has 0 radical (unpaired) electrons. The molecule has 1 aromatic rings. The maximum Gasteiger partial charge on any atom is 0.0433 e. The van der Waals surface area contributed by atoms with E-state index < -0.39 is 0 Å². The van der Waals surface area contributed by atoms with Crippen LogP contribution < -0.4 is 0 Å². The molecule has 0 aliphatic carbocycles. The first-order valence-electron chi connectivity index (χ1n) is 5.08. The average molecular weight is 190 g/mol. The maximum atomic E-state index is 8.66. The number of hydrogen-bond donors (Lipinski definition) is 1. The summed E-state index contributed by atoms with van der Waals surface area (Å²) in [5.41, 5.74) is 3.85. The van der Waals surface area contributed by atoms with E-state index in [1.165, 1.54) is 16.7 Å². The van der Waals surface area contributed by atoms with Crippen molar-refractivity contribution in [1.29, 1.82) is 0 Å². The van der Waals surface area contributed by atoms with Crippen molar-refractivity contribution in [3.8, 4) is 0 Å². The van der Waals surface area contributed by atoms with E-state index in [2.05, 4.69) is 44.2 Å². The first kappa shape index (κ1) is 11.0. The lowest BCUT2D eigenvalue weighted by Crippen LogP contribution is -1.83. The Labute approximate surface area is 86.1 Å². The van der Waals surface area contributed by atoms with Gasteiger partial charge in [-0.15, -0.1) is 0 Å². The quantitative estimate of drug-likeness (QED) is 0.723. The van der Waals surface area contributed by atoms with E-state index >= 15 is 0 Å². The molecule has 0 aromatic heterocycles. The van der Waals surface area contributed by atoms with Crippen molar-refractivity contribution in [3.05, 3.63) is 41.5 Å². The molecule has 0 spiro atoms. The molecule has 1 N–H and O–H groups in total. The van der Waals surface area contributed by atoms with Crippen LogP contribution in [0.5, 0.6) is 0 Å². The van der Waals surface area contributed by atoms with E-state index in [0.29, 0.717) is 0 Å². The Hall–Kier alpha value is -1.08. The van der Waals surface area contributed by atoms with Gasteiger partial charge in [0.1, 0.15) is 0 Å². The highest BCUT2D eigenvalue weighted by atomic mass is 16.2. The van der Waals surface area contributed by atoms with Crippen molar-refractivity contribution in [1.82, 2.24) is 0 Å². The second-order valence-electron chi connectivity index (χ2n) is 3.62. The molecule has 1 heteroatoms. The number of rotatable bonds is 4. The standard InChI is InChI=1S/C13H18O/c1-11-6-8-13(9-7-11)12(2)5-3-4-10-14/h5-9,14H,3-4,10H2,1-2H3/b12-5+. The largest absolute Gasteiger partial charge is 0.396 e. The van der Waals surface area contributed by atoms with Crippen molar-refractivity contribution in [2.45, 2.75) is 26.7 Å². The highest BCUT2D eigenvalue weighted by Crippen LogP contribution is 2.15. The molecular weight excluding hydrogens is 172 g/mol. The Bertz CT molecular complexity index is 296. The molecule has 0 unspecified atom stereocenters. The maximum absolute atomic E-state index is 8.66. The number of benzene rings is 1. The summed E-state index contributed by atoms with van der Waals surface area (Å²) < 4.78 is 0. The second-order valence-corrected chi connectivity index (χ2v) is 3.62. The number of allylic oxidation sites excluding steroid dienone is 2. The summed E-state index contributed by atoms with van der Waals surface area (Å²) >= 11 is 0. The molecule has 1 aromatic carbocycles. The zero-order valence-electron chi connectivity index (χ0n) is 8.96. The summed E-state index contributed by atoms with van der Waals surface area (Å²) in [6.07, 6.45) is 3.99. The van der Waals surface area contributed by atoms with E-state index in [9.17, 15) is 0 Å². The number of aliphatic hydroxyl groups is 1. The van der Waals surface area contributed by atoms with Crippen molar-refractivity contribution in [3.63, 3.8) is 0 Å². The van der Waals surface area contributed by atoms with Crippen LogP contribution in [0, 0.1) is 6.92 Å². The van der Waals surface area contributed by atoms with Gasteiger partial charge >= 0.3 is 0 Å². The molecule has 0 aliphatic rings. The van der Waals surface area contributed by atoms with Gasteiger partial charge < -0.3 is 5.11 Å². The highest BCUT2D eigenvalue weighted by Gasteiger charge is 1.93. The van der Waals surface area contributed by atoms with Crippen molar-refractivity contribution in [2.24, 2.45) is 0 Å². The van der Waals surface area contributed by atoms with Crippen LogP contribution in [-0.2, 0) is 0 Å². The van der Waals surface area contributed by atoms with Crippen LogP contribution in [-0.4, -0.2) is 11.7 Å². The Morgan fingerprint density at radius 1 is 1.29 bits per heavy atom. The number of hydrogen-bond acceptors (Lipinski definition) is 1. The monoisotopic (exact) mass is 190 g/mol. The third-order valence-corrected chi connectivity index (χ3v) is 2.32. The fourth-order valence-electron chi connectivity index (χ4n) is 1.34. The summed E-state index contributed by atoms with van der Waals surface area (Å²) in [5.74, 6) is 0. The normalized spacial score (nSPS) is 11.8. The van der Waals surface area contributed by atoms with Crippen LogP contribution in [0.25, 0.3) is 5.57 Å². The molecule has 1 rings (SSSR count). The molecule has 1 nitrogen and oxygen atoms in total. The van der Waals surface area contributed by atoms with Gasteiger partial charge in [-0.2, -0.15) is 0 Å². The molecule has 0 atom stereocenters. The summed E-state index contributed by atoms with van der Waals surface area (Å²) in [5, 5.41) is 8.66. The molecule has 0 amide bonds. The Morgan fingerprint density at radius 2 is 1.93 bits per heavy atom. The topological polar surface area (TPSA) is 20.2 Å². The molecule has 0 bridgehead atoms. The van der Waals surface area contributed by atoms with Crippen molar-refractivity contribution < 1.29 is 5.11 Å². The molecular formula is C13H18O.